The second kappa shape index (κ2) is 8.30. The predicted octanol–water partition coefficient (Wildman–Crippen LogP) is 3.99. The van der Waals surface area contributed by atoms with E-state index < -0.39 is 0 Å². The van der Waals surface area contributed by atoms with Gasteiger partial charge in [-0.3, -0.25) is 9.59 Å². The number of amides is 2. The Labute approximate surface area is 214 Å². The summed E-state index contributed by atoms with van der Waals surface area (Å²) >= 11 is 0. The first-order chi connectivity index (χ1) is 18.0. The van der Waals surface area contributed by atoms with Crippen molar-refractivity contribution in [2.45, 2.75) is 20.0 Å². The number of likely N-dealkylation sites (tertiary alicyclic amines) is 2. The maximum Gasteiger partial charge on any atom is 0.254 e. The lowest BCUT2D eigenvalue weighted by Crippen LogP contribution is -2.44. The molecule has 0 radical (unpaired) electrons. The second-order valence-electron chi connectivity index (χ2n) is 11.0. The normalized spacial score (nSPS) is 24.4. The zero-order valence-electron chi connectivity index (χ0n) is 20.9. The number of carbonyl (C=O) groups excluding carboxylic acids is 2. The maximum atomic E-state index is 13.6. The summed E-state index contributed by atoms with van der Waals surface area (Å²) in [4.78, 5) is 30.8. The van der Waals surface area contributed by atoms with Gasteiger partial charge in [0.2, 0.25) is 0 Å². The average Bonchev–Trinajstić information content (AvgIpc) is 3.61. The third-order valence-corrected chi connectivity index (χ3v) is 8.50. The van der Waals surface area contributed by atoms with Crippen LogP contribution in [0.3, 0.4) is 0 Å². The number of ether oxygens (including phenoxy) is 1. The van der Waals surface area contributed by atoms with Gasteiger partial charge < -0.3 is 14.5 Å². The highest BCUT2D eigenvalue weighted by Crippen LogP contribution is 2.54. The van der Waals surface area contributed by atoms with Gasteiger partial charge in [-0.05, 0) is 73.2 Å². The third kappa shape index (κ3) is 3.57. The van der Waals surface area contributed by atoms with Crippen LogP contribution < -0.4 is 4.74 Å². The van der Waals surface area contributed by atoms with Gasteiger partial charge in [0, 0.05) is 42.7 Å². The summed E-state index contributed by atoms with van der Waals surface area (Å²) in [5.41, 5.74) is 2.79. The highest BCUT2D eigenvalue weighted by Gasteiger charge is 2.59. The van der Waals surface area contributed by atoms with Gasteiger partial charge in [0.05, 0.1) is 6.10 Å². The number of nitrogens with one attached hydrogen (secondary N) is 1. The number of benzene rings is 3. The van der Waals surface area contributed by atoms with Crippen LogP contribution in [-0.2, 0) is 0 Å². The minimum Gasteiger partial charge on any atom is -0.490 e. The van der Waals surface area contributed by atoms with Crippen molar-refractivity contribution in [1.29, 1.82) is 0 Å². The van der Waals surface area contributed by atoms with Crippen LogP contribution in [0.5, 0.6) is 5.75 Å². The SMILES string of the molecule is CC(C)Oc1cc(C(=O)N2CC3C(C2)[C@@H]2CN(C(=O)c4ccc5n[nH]nc5c4)C[C@H]32)cc2ccccc12. The molecule has 1 aliphatic carbocycles. The Morgan fingerprint density at radius 2 is 1.43 bits per heavy atom. The Balaban J connectivity index is 1.06. The Hall–Kier alpha value is -3.94. The molecule has 3 aromatic carbocycles. The van der Waals surface area contributed by atoms with Crippen LogP contribution in [0.15, 0.2) is 54.6 Å². The van der Waals surface area contributed by atoms with Crippen molar-refractivity contribution < 1.29 is 14.3 Å². The zero-order chi connectivity index (χ0) is 25.3. The highest BCUT2D eigenvalue weighted by molar-refractivity contribution is 6.01. The van der Waals surface area contributed by atoms with E-state index in [1.807, 2.05) is 78.2 Å². The number of fused-ring (bicyclic) bond motifs is 6. The van der Waals surface area contributed by atoms with E-state index >= 15 is 0 Å². The van der Waals surface area contributed by atoms with Crippen molar-refractivity contribution in [3.8, 4) is 5.75 Å². The molecular weight excluding hydrogens is 466 g/mol. The minimum absolute atomic E-state index is 0.0271. The molecule has 8 nitrogen and oxygen atoms in total. The molecule has 3 heterocycles. The predicted molar refractivity (Wildman–Crippen MR) is 139 cm³/mol. The summed E-state index contributed by atoms with van der Waals surface area (Å²) in [5, 5.41) is 12.8. The van der Waals surface area contributed by atoms with Crippen LogP contribution in [0.1, 0.15) is 34.6 Å². The monoisotopic (exact) mass is 495 g/mol. The molecule has 2 aliphatic heterocycles. The maximum absolute atomic E-state index is 13.6. The molecule has 8 heteroatoms. The Bertz CT molecular complexity index is 1530. The number of rotatable bonds is 4. The largest absolute Gasteiger partial charge is 0.490 e. The Kier molecular flexibility index (Phi) is 4.99. The number of H-pyrrole nitrogens is 1. The van der Waals surface area contributed by atoms with Gasteiger partial charge in [-0.25, -0.2) is 0 Å². The molecule has 2 saturated heterocycles. The van der Waals surface area contributed by atoms with Gasteiger partial charge in [0.15, 0.2) is 0 Å². The van der Waals surface area contributed by atoms with Crippen LogP contribution in [0.25, 0.3) is 21.8 Å². The summed E-state index contributed by atoms with van der Waals surface area (Å²) in [6, 6.07) is 17.4. The van der Waals surface area contributed by atoms with E-state index in [0.29, 0.717) is 40.3 Å². The van der Waals surface area contributed by atoms with Crippen molar-refractivity contribution in [1.82, 2.24) is 25.2 Å². The molecular formula is C29H29N5O3. The second-order valence-corrected chi connectivity index (χ2v) is 11.0. The summed E-state index contributed by atoms with van der Waals surface area (Å²) in [7, 11) is 0. The number of aromatic amines is 1. The van der Waals surface area contributed by atoms with Crippen LogP contribution in [0, 0.1) is 23.7 Å². The molecule has 1 saturated carbocycles. The summed E-state index contributed by atoms with van der Waals surface area (Å²) < 4.78 is 6.07. The van der Waals surface area contributed by atoms with E-state index in [9.17, 15) is 9.59 Å². The molecule has 2 unspecified atom stereocenters. The van der Waals surface area contributed by atoms with E-state index in [1.54, 1.807) is 0 Å². The molecule has 7 rings (SSSR count). The molecule has 0 bridgehead atoms. The van der Waals surface area contributed by atoms with Gasteiger partial charge in [-0.1, -0.05) is 24.3 Å². The van der Waals surface area contributed by atoms with Crippen LogP contribution in [0.2, 0.25) is 0 Å². The first-order valence-corrected chi connectivity index (χ1v) is 13.0. The summed E-state index contributed by atoms with van der Waals surface area (Å²) in [5.74, 6) is 2.71. The average molecular weight is 496 g/mol. The fourth-order valence-electron chi connectivity index (χ4n) is 6.80. The molecule has 3 aliphatic rings. The number of carbonyl (C=O) groups is 2. The van der Waals surface area contributed by atoms with Gasteiger partial charge in [0.25, 0.3) is 11.8 Å². The first kappa shape index (κ1) is 22.3. The van der Waals surface area contributed by atoms with E-state index in [0.717, 1.165) is 48.2 Å². The van der Waals surface area contributed by atoms with Gasteiger partial charge >= 0.3 is 0 Å². The highest BCUT2D eigenvalue weighted by atomic mass is 16.5. The van der Waals surface area contributed by atoms with Crippen molar-refractivity contribution >= 4 is 33.6 Å². The van der Waals surface area contributed by atoms with Crippen LogP contribution in [0.4, 0.5) is 0 Å². The fourth-order valence-corrected chi connectivity index (χ4v) is 6.80. The van der Waals surface area contributed by atoms with Crippen LogP contribution in [-0.4, -0.2) is 69.3 Å². The van der Waals surface area contributed by atoms with E-state index in [4.69, 9.17) is 4.74 Å². The molecule has 4 aromatic rings. The molecule has 37 heavy (non-hydrogen) atoms. The van der Waals surface area contributed by atoms with Gasteiger partial charge in [-0.2, -0.15) is 15.4 Å². The lowest BCUT2D eigenvalue weighted by atomic mass is 9.60. The van der Waals surface area contributed by atoms with Crippen molar-refractivity contribution in [2.75, 3.05) is 26.2 Å². The van der Waals surface area contributed by atoms with Crippen LogP contribution >= 0.6 is 0 Å². The molecule has 1 aromatic heterocycles. The van der Waals surface area contributed by atoms with Gasteiger partial charge in [0.1, 0.15) is 16.8 Å². The minimum atomic E-state index is 0.0271. The van der Waals surface area contributed by atoms with Crippen molar-refractivity contribution in [2.24, 2.45) is 23.7 Å². The van der Waals surface area contributed by atoms with Crippen molar-refractivity contribution in [3.63, 3.8) is 0 Å². The van der Waals surface area contributed by atoms with Gasteiger partial charge in [-0.15, -0.1) is 0 Å². The van der Waals surface area contributed by atoms with E-state index in [1.165, 1.54) is 0 Å². The molecule has 4 atom stereocenters. The molecule has 188 valence electrons. The van der Waals surface area contributed by atoms with Crippen molar-refractivity contribution in [3.05, 3.63) is 65.7 Å². The standard InChI is InChI=1S/C29H29N5O3/c1-16(2)37-27-11-19(9-17-5-3-4-6-20(17)27)29(36)34-14-23-21-12-33(13-22(21)24(23)15-34)28(35)18-7-8-25-26(10-18)31-32-30-25/h3-11,16,21-24H,12-15H2,1-2H3,(H,30,31,32)/t21-,22+,23?,24?. The lowest BCUT2D eigenvalue weighted by molar-refractivity contribution is 0.0629. The molecule has 2 amide bonds. The zero-order valence-corrected chi connectivity index (χ0v) is 20.9. The van der Waals surface area contributed by atoms with E-state index in [-0.39, 0.29) is 17.9 Å². The first-order valence-electron chi connectivity index (χ1n) is 13.0. The Morgan fingerprint density at radius 1 is 0.811 bits per heavy atom. The smallest absolute Gasteiger partial charge is 0.254 e. The number of hydrogen-bond acceptors (Lipinski definition) is 5. The quantitative estimate of drug-likeness (QED) is 0.462. The lowest BCUT2D eigenvalue weighted by Gasteiger charge is -2.42. The fraction of sp³-hybridized carbons (Fsp3) is 0.379. The Morgan fingerprint density at radius 3 is 2.11 bits per heavy atom. The number of nitrogens with zero attached hydrogens (tertiary/aromatic N) is 4. The third-order valence-electron chi connectivity index (χ3n) is 8.50. The molecule has 0 spiro atoms. The summed E-state index contributed by atoms with van der Waals surface area (Å²) in [6.07, 6.45) is 0.0271. The molecule has 3 fully saturated rings. The van der Waals surface area contributed by atoms with E-state index in [2.05, 4.69) is 15.4 Å². The topological polar surface area (TPSA) is 91.4 Å². The number of aromatic nitrogens is 3. The summed E-state index contributed by atoms with van der Waals surface area (Å²) in [6.45, 7) is 7.02. The number of hydrogen-bond donors (Lipinski definition) is 1. The molecule has 1 N–H and O–H groups in total.